The largest absolute Gasteiger partial charge is 0.381 e. The molecule has 0 fully saturated rings. The van der Waals surface area contributed by atoms with Crippen molar-refractivity contribution >= 4 is 22.4 Å². The number of hydrogen-bond donors (Lipinski definition) is 1. The summed E-state index contributed by atoms with van der Waals surface area (Å²) < 4.78 is 1.88. The van der Waals surface area contributed by atoms with Crippen molar-refractivity contribution in [1.29, 1.82) is 0 Å². The van der Waals surface area contributed by atoms with E-state index in [1.54, 1.807) is 0 Å². The van der Waals surface area contributed by atoms with E-state index in [9.17, 15) is 0 Å². The summed E-state index contributed by atoms with van der Waals surface area (Å²) in [6.07, 6.45) is 3.70. The maximum atomic E-state index is 4.74. The highest BCUT2D eigenvalue weighted by atomic mass is 15.3. The molecule has 0 spiro atoms. The number of benzene rings is 2. The third-order valence-electron chi connectivity index (χ3n) is 4.94. The molecule has 29 heavy (non-hydrogen) atoms. The predicted octanol–water partition coefficient (Wildman–Crippen LogP) is 4.57. The Morgan fingerprint density at radius 1 is 0.897 bits per heavy atom. The molecular weight excluding hydrogens is 360 g/mol. The molecule has 142 valence electrons. The number of nitrogens with zero attached hydrogens (tertiary/aromatic N) is 5. The van der Waals surface area contributed by atoms with E-state index < -0.39 is 0 Å². The summed E-state index contributed by atoms with van der Waals surface area (Å²) in [4.78, 5) is 13.9. The van der Waals surface area contributed by atoms with E-state index in [0.29, 0.717) is 6.54 Å². The van der Waals surface area contributed by atoms with Gasteiger partial charge in [0, 0.05) is 34.7 Å². The van der Waals surface area contributed by atoms with Crippen LogP contribution in [0.2, 0.25) is 0 Å². The van der Waals surface area contributed by atoms with Gasteiger partial charge >= 0.3 is 0 Å². The van der Waals surface area contributed by atoms with Crippen LogP contribution in [0.25, 0.3) is 27.9 Å². The number of aromatic nitrogens is 5. The summed E-state index contributed by atoms with van der Waals surface area (Å²) in [5, 5.41) is 7.95. The Morgan fingerprint density at radius 3 is 2.66 bits per heavy atom. The van der Waals surface area contributed by atoms with E-state index in [1.807, 2.05) is 79.3 Å². The first-order chi connectivity index (χ1) is 14.2. The van der Waals surface area contributed by atoms with Crippen LogP contribution in [-0.4, -0.2) is 24.6 Å². The molecule has 0 atom stereocenters. The second kappa shape index (κ2) is 6.98. The molecule has 0 aliphatic carbocycles. The van der Waals surface area contributed by atoms with Crippen LogP contribution >= 0.6 is 0 Å². The molecule has 3 aromatic heterocycles. The molecule has 3 heterocycles. The lowest BCUT2D eigenvalue weighted by Crippen LogP contribution is -2.02. The number of nitrogens with one attached hydrogen (secondary N) is 1. The molecule has 2 aromatic carbocycles. The van der Waals surface area contributed by atoms with Gasteiger partial charge in [-0.3, -0.25) is 4.98 Å². The fourth-order valence-corrected chi connectivity index (χ4v) is 3.52. The van der Waals surface area contributed by atoms with Crippen LogP contribution < -0.4 is 5.32 Å². The van der Waals surface area contributed by atoms with Crippen molar-refractivity contribution in [2.45, 2.75) is 20.4 Å². The molecule has 0 aliphatic rings. The van der Waals surface area contributed by atoms with Crippen LogP contribution in [0, 0.1) is 13.8 Å². The normalized spacial score (nSPS) is 11.2. The van der Waals surface area contributed by atoms with E-state index in [2.05, 4.69) is 26.4 Å². The summed E-state index contributed by atoms with van der Waals surface area (Å²) in [6, 6.07) is 18.2. The summed E-state index contributed by atoms with van der Waals surface area (Å²) >= 11 is 0. The topological polar surface area (TPSA) is 68.0 Å². The molecule has 0 saturated carbocycles. The first-order valence-corrected chi connectivity index (χ1v) is 9.54. The van der Waals surface area contributed by atoms with Gasteiger partial charge in [0.15, 0.2) is 5.65 Å². The number of para-hydroxylation sites is 2. The van der Waals surface area contributed by atoms with Gasteiger partial charge in [-0.25, -0.2) is 14.5 Å². The van der Waals surface area contributed by atoms with Crippen molar-refractivity contribution in [1.82, 2.24) is 24.6 Å². The minimum atomic E-state index is 0.645. The predicted molar refractivity (Wildman–Crippen MR) is 115 cm³/mol. The molecule has 5 aromatic rings. The molecular formula is C23H20N6. The van der Waals surface area contributed by atoms with Crippen LogP contribution in [0.1, 0.15) is 17.0 Å². The smallest absolute Gasteiger partial charge is 0.160 e. The highest BCUT2D eigenvalue weighted by molar-refractivity contribution is 5.77. The summed E-state index contributed by atoms with van der Waals surface area (Å²) in [5.74, 6) is 0. The quantitative estimate of drug-likeness (QED) is 0.495. The van der Waals surface area contributed by atoms with Crippen LogP contribution in [0.5, 0.6) is 0 Å². The van der Waals surface area contributed by atoms with Crippen molar-refractivity contribution in [3.63, 3.8) is 0 Å². The lowest BCUT2D eigenvalue weighted by atomic mass is 10.1. The molecule has 0 saturated heterocycles. The van der Waals surface area contributed by atoms with Crippen molar-refractivity contribution in [2.24, 2.45) is 0 Å². The van der Waals surface area contributed by atoms with Gasteiger partial charge in [0.05, 0.1) is 29.1 Å². The Hall–Kier alpha value is -3.80. The van der Waals surface area contributed by atoms with Crippen molar-refractivity contribution < 1.29 is 0 Å². The van der Waals surface area contributed by atoms with Gasteiger partial charge in [-0.15, -0.1) is 0 Å². The highest BCUT2D eigenvalue weighted by Crippen LogP contribution is 2.23. The Balaban J connectivity index is 1.41. The molecule has 1 N–H and O–H groups in total. The monoisotopic (exact) mass is 380 g/mol. The average Bonchev–Trinajstić information content (AvgIpc) is 3.15. The number of fused-ring (bicyclic) bond motifs is 2. The van der Waals surface area contributed by atoms with Crippen LogP contribution in [0.4, 0.5) is 5.69 Å². The molecule has 6 nitrogen and oxygen atoms in total. The SMILES string of the molecule is Cc1cc(C)n2ncc(CNc3cccc(-c4cnc5ccccc5n4)c3)c2n1. The number of rotatable bonds is 4. The van der Waals surface area contributed by atoms with Gasteiger partial charge in [0.25, 0.3) is 0 Å². The highest BCUT2D eigenvalue weighted by Gasteiger charge is 2.09. The Bertz CT molecular complexity index is 1340. The minimum absolute atomic E-state index is 0.645. The number of aryl methyl sites for hydroxylation is 2. The van der Waals surface area contributed by atoms with E-state index >= 15 is 0 Å². The summed E-state index contributed by atoms with van der Waals surface area (Å²) in [7, 11) is 0. The van der Waals surface area contributed by atoms with Crippen LogP contribution in [-0.2, 0) is 6.54 Å². The van der Waals surface area contributed by atoms with E-state index in [-0.39, 0.29) is 0 Å². The van der Waals surface area contributed by atoms with Crippen molar-refractivity contribution in [3.8, 4) is 11.3 Å². The maximum absolute atomic E-state index is 4.74. The molecule has 0 bridgehead atoms. The van der Waals surface area contributed by atoms with Gasteiger partial charge < -0.3 is 5.32 Å². The zero-order valence-electron chi connectivity index (χ0n) is 16.3. The zero-order valence-corrected chi connectivity index (χ0v) is 16.3. The molecule has 0 radical (unpaired) electrons. The molecule has 0 amide bonds. The standard InChI is InChI=1S/C23H20N6/c1-15-10-16(2)29-23(27-15)18(13-26-29)12-24-19-7-5-6-17(11-19)22-14-25-20-8-3-4-9-21(20)28-22/h3-11,13-14,24H,12H2,1-2H3. The second-order valence-electron chi connectivity index (χ2n) is 7.12. The number of hydrogen-bond acceptors (Lipinski definition) is 5. The van der Waals surface area contributed by atoms with Gasteiger partial charge in [0.1, 0.15) is 0 Å². The molecule has 0 unspecified atom stereocenters. The molecule has 0 aliphatic heterocycles. The Labute approximate surface area is 168 Å². The van der Waals surface area contributed by atoms with Gasteiger partial charge in [-0.2, -0.15) is 5.10 Å². The third-order valence-corrected chi connectivity index (χ3v) is 4.94. The third kappa shape index (κ3) is 3.29. The summed E-state index contributed by atoms with van der Waals surface area (Å²) in [6.45, 7) is 4.69. The summed E-state index contributed by atoms with van der Waals surface area (Å²) in [5.41, 5.74) is 8.72. The van der Waals surface area contributed by atoms with E-state index in [1.165, 1.54) is 0 Å². The lowest BCUT2D eigenvalue weighted by molar-refractivity contribution is 0.885. The first-order valence-electron chi connectivity index (χ1n) is 9.54. The van der Waals surface area contributed by atoms with Crippen LogP contribution in [0.15, 0.2) is 67.0 Å². The van der Waals surface area contributed by atoms with Gasteiger partial charge in [-0.1, -0.05) is 24.3 Å². The van der Waals surface area contributed by atoms with Gasteiger partial charge in [0.2, 0.25) is 0 Å². The fourth-order valence-electron chi connectivity index (χ4n) is 3.52. The Kier molecular flexibility index (Phi) is 4.17. The zero-order chi connectivity index (χ0) is 19.8. The second-order valence-corrected chi connectivity index (χ2v) is 7.12. The lowest BCUT2D eigenvalue weighted by Gasteiger charge is -2.08. The number of anilines is 1. The average molecular weight is 380 g/mol. The molecule has 5 rings (SSSR count). The van der Waals surface area contributed by atoms with Crippen LogP contribution in [0.3, 0.4) is 0 Å². The molecule has 6 heteroatoms. The van der Waals surface area contributed by atoms with E-state index in [0.717, 1.165) is 50.6 Å². The van der Waals surface area contributed by atoms with Crippen molar-refractivity contribution in [3.05, 3.63) is 83.9 Å². The van der Waals surface area contributed by atoms with Gasteiger partial charge in [-0.05, 0) is 44.2 Å². The maximum Gasteiger partial charge on any atom is 0.160 e. The minimum Gasteiger partial charge on any atom is -0.381 e. The first kappa shape index (κ1) is 17.3. The van der Waals surface area contributed by atoms with Crippen molar-refractivity contribution in [2.75, 3.05) is 5.32 Å². The van der Waals surface area contributed by atoms with E-state index in [4.69, 9.17) is 4.98 Å². The Morgan fingerprint density at radius 2 is 1.76 bits per heavy atom. The fraction of sp³-hybridized carbons (Fsp3) is 0.130.